The van der Waals surface area contributed by atoms with E-state index in [0.29, 0.717) is 13.1 Å². The Labute approximate surface area is 114 Å². The molecule has 0 bridgehead atoms. The number of nitrogens with zero attached hydrogens (tertiary/aromatic N) is 2. The van der Waals surface area contributed by atoms with Gasteiger partial charge in [-0.15, -0.1) is 0 Å². The highest BCUT2D eigenvalue weighted by atomic mass is 19.4. The number of rotatable bonds is 8. The molecule has 0 aromatic rings. The minimum absolute atomic E-state index is 0.541. The van der Waals surface area contributed by atoms with E-state index in [0.717, 1.165) is 32.6 Å². The first kappa shape index (κ1) is 16.7. The summed E-state index contributed by atoms with van der Waals surface area (Å²) in [6.45, 7) is 3.96. The molecule has 0 aliphatic carbocycles. The fraction of sp³-hybridized carbons (Fsp3) is 1.00. The number of halogens is 3. The highest BCUT2D eigenvalue weighted by Gasteiger charge is 2.31. The van der Waals surface area contributed by atoms with Crippen LogP contribution in [0.1, 0.15) is 25.7 Å². The molecule has 1 N–H and O–H groups in total. The SMILES string of the molecule is CNCCCCCCN1CCN(CC(F)(F)F)CC1. The average Bonchev–Trinajstić information content (AvgIpc) is 2.34. The topological polar surface area (TPSA) is 18.5 Å². The highest BCUT2D eigenvalue weighted by Crippen LogP contribution is 2.17. The molecular formula is C13H26F3N3. The summed E-state index contributed by atoms with van der Waals surface area (Å²) in [6, 6.07) is 0. The van der Waals surface area contributed by atoms with E-state index in [-0.39, 0.29) is 0 Å². The van der Waals surface area contributed by atoms with Gasteiger partial charge in [0, 0.05) is 26.2 Å². The first-order valence-electron chi connectivity index (χ1n) is 7.17. The largest absolute Gasteiger partial charge is 0.401 e. The Bertz CT molecular complexity index is 226. The predicted molar refractivity (Wildman–Crippen MR) is 71.3 cm³/mol. The fourth-order valence-electron chi connectivity index (χ4n) is 2.42. The molecule has 1 saturated heterocycles. The molecule has 114 valence electrons. The van der Waals surface area contributed by atoms with Crippen molar-refractivity contribution in [3.63, 3.8) is 0 Å². The highest BCUT2D eigenvalue weighted by molar-refractivity contribution is 4.73. The van der Waals surface area contributed by atoms with E-state index < -0.39 is 12.7 Å². The lowest BCUT2D eigenvalue weighted by Gasteiger charge is -2.34. The zero-order valence-electron chi connectivity index (χ0n) is 11.8. The van der Waals surface area contributed by atoms with Crippen molar-refractivity contribution < 1.29 is 13.2 Å². The Morgan fingerprint density at radius 1 is 0.895 bits per heavy atom. The summed E-state index contributed by atoms with van der Waals surface area (Å²) in [6.07, 6.45) is 0.744. The Hall–Kier alpha value is -0.330. The third-order valence-corrected chi connectivity index (χ3v) is 3.52. The van der Waals surface area contributed by atoms with E-state index >= 15 is 0 Å². The molecule has 0 spiro atoms. The maximum absolute atomic E-state index is 12.2. The van der Waals surface area contributed by atoms with Gasteiger partial charge in [-0.3, -0.25) is 4.90 Å². The van der Waals surface area contributed by atoms with Crippen LogP contribution >= 0.6 is 0 Å². The third kappa shape index (κ3) is 8.44. The van der Waals surface area contributed by atoms with Gasteiger partial charge in [0.15, 0.2) is 0 Å². The lowest BCUT2D eigenvalue weighted by Crippen LogP contribution is -2.49. The van der Waals surface area contributed by atoms with Crippen LogP contribution in [0.5, 0.6) is 0 Å². The monoisotopic (exact) mass is 281 g/mol. The van der Waals surface area contributed by atoms with Crippen molar-refractivity contribution in [2.45, 2.75) is 31.9 Å². The predicted octanol–water partition coefficient (Wildman–Crippen LogP) is 1.95. The summed E-state index contributed by atoms with van der Waals surface area (Å²) in [5, 5.41) is 3.12. The van der Waals surface area contributed by atoms with Gasteiger partial charge in [-0.1, -0.05) is 12.8 Å². The zero-order valence-corrected chi connectivity index (χ0v) is 11.8. The third-order valence-electron chi connectivity index (χ3n) is 3.52. The first-order chi connectivity index (χ1) is 9.01. The maximum Gasteiger partial charge on any atom is 0.401 e. The first-order valence-corrected chi connectivity index (χ1v) is 7.17. The summed E-state index contributed by atoms with van der Waals surface area (Å²) >= 11 is 0. The van der Waals surface area contributed by atoms with Crippen LogP contribution in [0, 0.1) is 0 Å². The average molecular weight is 281 g/mol. The summed E-state index contributed by atoms with van der Waals surface area (Å²) in [7, 11) is 1.96. The molecule has 6 heteroatoms. The van der Waals surface area contributed by atoms with Crippen LogP contribution < -0.4 is 5.32 Å². The summed E-state index contributed by atoms with van der Waals surface area (Å²) in [5.74, 6) is 0. The Morgan fingerprint density at radius 3 is 2.05 bits per heavy atom. The van der Waals surface area contributed by atoms with E-state index in [9.17, 15) is 13.2 Å². The van der Waals surface area contributed by atoms with Crippen LogP contribution in [-0.2, 0) is 0 Å². The van der Waals surface area contributed by atoms with Crippen LogP contribution in [0.2, 0.25) is 0 Å². The molecule has 0 unspecified atom stereocenters. The molecule has 1 rings (SSSR count). The van der Waals surface area contributed by atoms with E-state index in [1.165, 1.54) is 24.2 Å². The molecule has 0 aromatic carbocycles. The molecule has 1 heterocycles. The number of hydrogen-bond donors (Lipinski definition) is 1. The van der Waals surface area contributed by atoms with E-state index in [1.807, 2.05) is 7.05 Å². The van der Waals surface area contributed by atoms with Crippen LogP contribution in [-0.4, -0.2) is 68.8 Å². The maximum atomic E-state index is 12.2. The number of unbranched alkanes of at least 4 members (excludes halogenated alkanes) is 3. The molecule has 19 heavy (non-hydrogen) atoms. The molecule has 0 amide bonds. The van der Waals surface area contributed by atoms with Crippen molar-refractivity contribution in [1.29, 1.82) is 0 Å². The molecular weight excluding hydrogens is 255 g/mol. The standard InChI is InChI=1S/C13H26F3N3/c1-17-6-4-2-3-5-7-18-8-10-19(11-9-18)12-13(14,15)16/h17H,2-12H2,1H3. The van der Waals surface area contributed by atoms with Gasteiger partial charge in [-0.2, -0.15) is 13.2 Å². The van der Waals surface area contributed by atoms with Crippen molar-refractivity contribution in [2.24, 2.45) is 0 Å². The number of nitrogens with one attached hydrogen (secondary N) is 1. The molecule has 1 aliphatic rings. The quantitative estimate of drug-likeness (QED) is 0.686. The van der Waals surface area contributed by atoms with Crippen LogP contribution in [0.25, 0.3) is 0 Å². The van der Waals surface area contributed by atoms with Gasteiger partial charge in [-0.05, 0) is 33.0 Å². The molecule has 0 radical (unpaired) electrons. The van der Waals surface area contributed by atoms with Gasteiger partial charge in [0.05, 0.1) is 6.54 Å². The molecule has 0 aromatic heterocycles. The van der Waals surface area contributed by atoms with Crippen molar-refractivity contribution in [3.8, 4) is 0 Å². The van der Waals surface area contributed by atoms with Crippen molar-refractivity contribution in [3.05, 3.63) is 0 Å². The second-order valence-electron chi connectivity index (χ2n) is 5.25. The summed E-state index contributed by atoms with van der Waals surface area (Å²) in [4.78, 5) is 3.79. The van der Waals surface area contributed by atoms with E-state index in [4.69, 9.17) is 0 Å². The van der Waals surface area contributed by atoms with Crippen molar-refractivity contribution in [2.75, 3.05) is 52.9 Å². The molecule has 3 nitrogen and oxygen atoms in total. The normalized spacial score (nSPS) is 18.9. The van der Waals surface area contributed by atoms with Gasteiger partial charge >= 0.3 is 6.18 Å². The Balaban J connectivity index is 2.01. The molecule has 0 atom stereocenters. The van der Waals surface area contributed by atoms with E-state index in [2.05, 4.69) is 10.2 Å². The number of alkyl halides is 3. The fourth-order valence-corrected chi connectivity index (χ4v) is 2.42. The van der Waals surface area contributed by atoms with Crippen LogP contribution in [0.4, 0.5) is 13.2 Å². The van der Waals surface area contributed by atoms with Gasteiger partial charge in [0.1, 0.15) is 0 Å². The van der Waals surface area contributed by atoms with Crippen LogP contribution in [0.3, 0.4) is 0 Å². The Morgan fingerprint density at radius 2 is 1.47 bits per heavy atom. The van der Waals surface area contributed by atoms with Gasteiger partial charge < -0.3 is 10.2 Å². The minimum atomic E-state index is -4.06. The number of hydrogen-bond acceptors (Lipinski definition) is 3. The second-order valence-corrected chi connectivity index (χ2v) is 5.25. The zero-order chi connectivity index (χ0) is 14.1. The summed E-state index contributed by atoms with van der Waals surface area (Å²) in [5.41, 5.74) is 0. The molecule has 1 fully saturated rings. The minimum Gasteiger partial charge on any atom is -0.320 e. The Kier molecular flexibility index (Phi) is 7.71. The smallest absolute Gasteiger partial charge is 0.320 e. The van der Waals surface area contributed by atoms with Gasteiger partial charge in [0.25, 0.3) is 0 Å². The molecule has 0 saturated carbocycles. The van der Waals surface area contributed by atoms with Crippen molar-refractivity contribution in [1.82, 2.24) is 15.1 Å². The van der Waals surface area contributed by atoms with Crippen LogP contribution in [0.15, 0.2) is 0 Å². The lowest BCUT2D eigenvalue weighted by molar-refractivity contribution is -0.149. The summed E-state index contributed by atoms with van der Waals surface area (Å²) < 4.78 is 36.7. The second kappa shape index (κ2) is 8.76. The van der Waals surface area contributed by atoms with Crippen molar-refractivity contribution >= 4 is 0 Å². The lowest BCUT2D eigenvalue weighted by atomic mass is 10.2. The molecule has 1 aliphatic heterocycles. The van der Waals surface area contributed by atoms with Gasteiger partial charge in [-0.25, -0.2) is 0 Å². The van der Waals surface area contributed by atoms with Gasteiger partial charge in [0.2, 0.25) is 0 Å². The van der Waals surface area contributed by atoms with E-state index in [1.54, 1.807) is 0 Å². The number of piperazine rings is 1.